The summed E-state index contributed by atoms with van der Waals surface area (Å²) in [5.74, 6) is 0. The van der Waals surface area contributed by atoms with E-state index in [9.17, 15) is 0 Å². The molecule has 0 unspecified atom stereocenters. The molecule has 6 rings (SSSR count). The van der Waals surface area contributed by atoms with Crippen molar-refractivity contribution in [2.75, 3.05) is 0 Å². The zero-order valence-electron chi connectivity index (χ0n) is 18.6. The molecule has 0 radical (unpaired) electrons. The SMILES string of the molecule is Cc1cc(-c2ccccc2)cc(C)c1-c1c(C)nc2c3ccccc3c3ccccc3n12. The topological polar surface area (TPSA) is 17.3 Å². The smallest absolute Gasteiger partial charge is 0.145 e. The molecule has 0 atom stereocenters. The Morgan fingerprint density at radius 2 is 1.19 bits per heavy atom. The average molecular weight is 413 g/mol. The molecule has 0 saturated carbocycles. The van der Waals surface area contributed by atoms with E-state index in [-0.39, 0.29) is 0 Å². The maximum absolute atomic E-state index is 5.09. The van der Waals surface area contributed by atoms with Gasteiger partial charge in [0.25, 0.3) is 0 Å². The molecule has 0 amide bonds. The summed E-state index contributed by atoms with van der Waals surface area (Å²) in [4.78, 5) is 5.09. The predicted octanol–water partition coefficient (Wildman–Crippen LogP) is 7.90. The van der Waals surface area contributed by atoms with E-state index < -0.39 is 0 Å². The van der Waals surface area contributed by atoms with Crippen molar-refractivity contribution in [3.63, 3.8) is 0 Å². The van der Waals surface area contributed by atoms with Crippen molar-refractivity contribution in [3.8, 4) is 22.4 Å². The van der Waals surface area contributed by atoms with E-state index in [1.165, 1.54) is 55.2 Å². The summed E-state index contributed by atoms with van der Waals surface area (Å²) >= 11 is 0. The van der Waals surface area contributed by atoms with Gasteiger partial charge in [0.05, 0.1) is 16.9 Å². The summed E-state index contributed by atoms with van der Waals surface area (Å²) in [6, 6.07) is 32.5. The Morgan fingerprint density at radius 3 is 1.91 bits per heavy atom. The first-order valence-electron chi connectivity index (χ1n) is 11.1. The minimum atomic E-state index is 1.03. The Morgan fingerprint density at radius 1 is 0.594 bits per heavy atom. The molecule has 2 nitrogen and oxygen atoms in total. The molecule has 0 aliphatic heterocycles. The quantitative estimate of drug-likeness (QED) is 0.264. The van der Waals surface area contributed by atoms with Gasteiger partial charge in [-0.15, -0.1) is 0 Å². The van der Waals surface area contributed by atoms with Crippen LogP contribution in [-0.4, -0.2) is 9.38 Å². The highest BCUT2D eigenvalue weighted by Gasteiger charge is 2.20. The van der Waals surface area contributed by atoms with E-state index in [2.05, 4.69) is 116 Å². The van der Waals surface area contributed by atoms with E-state index in [0.29, 0.717) is 0 Å². The molecular formula is C30H24N2. The van der Waals surface area contributed by atoms with Crippen molar-refractivity contribution < 1.29 is 0 Å². The highest BCUT2D eigenvalue weighted by molar-refractivity contribution is 6.12. The van der Waals surface area contributed by atoms with Crippen molar-refractivity contribution in [1.29, 1.82) is 0 Å². The highest BCUT2D eigenvalue weighted by Crippen LogP contribution is 2.38. The zero-order chi connectivity index (χ0) is 21.8. The zero-order valence-corrected chi connectivity index (χ0v) is 18.6. The summed E-state index contributed by atoms with van der Waals surface area (Å²) in [7, 11) is 0. The molecule has 0 aliphatic rings. The number of benzene rings is 4. The molecule has 0 saturated heterocycles. The van der Waals surface area contributed by atoms with Crippen molar-refractivity contribution in [2.45, 2.75) is 20.8 Å². The molecule has 6 aromatic rings. The van der Waals surface area contributed by atoms with Gasteiger partial charge in [-0.1, -0.05) is 84.9 Å². The van der Waals surface area contributed by atoms with E-state index >= 15 is 0 Å². The number of fused-ring (bicyclic) bond motifs is 6. The predicted molar refractivity (Wildman–Crippen MR) is 135 cm³/mol. The highest BCUT2D eigenvalue weighted by atomic mass is 15.0. The fourth-order valence-corrected chi connectivity index (χ4v) is 5.18. The average Bonchev–Trinajstić information content (AvgIpc) is 3.16. The second-order valence-corrected chi connectivity index (χ2v) is 8.62. The van der Waals surface area contributed by atoms with E-state index in [4.69, 9.17) is 4.98 Å². The Labute approximate surface area is 187 Å². The number of pyridine rings is 1. The molecule has 0 aliphatic carbocycles. The van der Waals surface area contributed by atoms with Crippen LogP contribution in [0, 0.1) is 20.8 Å². The van der Waals surface area contributed by atoms with Crippen molar-refractivity contribution >= 4 is 27.3 Å². The number of aryl methyl sites for hydroxylation is 3. The first kappa shape index (κ1) is 18.8. The maximum Gasteiger partial charge on any atom is 0.145 e. The molecule has 0 fully saturated rings. The van der Waals surface area contributed by atoms with Gasteiger partial charge in [-0.2, -0.15) is 0 Å². The van der Waals surface area contributed by atoms with Crippen LogP contribution in [0.4, 0.5) is 0 Å². The molecule has 0 bridgehead atoms. The van der Waals surface area contributed by atoms with Crippen molar-refractivity contribution in [2.24, 2.45) is 0 Å². The Kier molecular flexibility index (Phi) is 4.16. The van der Waals surface area contributed by atoms with Crippen LogP contribution in [0.15, 0.2) is 91.0 Å². The molecule has 154 valence electrons. The van der Waals surface area contributed by atoms with Gasteiger partial charge in [-0.25, -0.2) is 4.98 Å². The molecule has 2 heterocycles. The third kappa shape index (κ3) is 2.69. The van der Waals surface area contributed by atoms with Crippen LogP contribution in [0.2, 0.25) is 0 Å². The van der Waals surface area contributed by atoms with Gasteiger partial charge < -0.3 is 0 Å². The molecular weight excluding hydrogens is 388 g/mol. The first-order valence-corrected chi connectivity index (χ1v) is 11.1. The molecule has 32 heavy (non-hydrogen) atoms. The Bertz CT molecular complexity index is 1620. The van der Waals surface area contributed by atoms with Crippen LogP contribution in [0.3, 0.4) is 0 Å². The number of rotatable bonds is 2. The lowest BCUT2D eigenvalue weighted by atomic mass is 9.93. The molecule has 0 spiro atoms. The molecule has 4 aromatic carbocycles. The van der Waals surface area contributed by atoms with Gasteiger partial charge in [-0.3, -0.25) is 4.40 Å². The van der Waals surface area contributed by atoms with Gasteiger partial charge in [0, 0.05) is 16.3 Å². The monoisotopic (exact) mass is 412 g/mol. The molecule has 2 heteroatoms. The molecule has 0 N–H and O–H groups in total. The fraction of sp³-hybridized carbons (Fsp3) is 0.100. The number of para-hydroxylation sites is 1. The number of nitrogens with zero attached hydrogens (tertiary/aromatic N) is 2. The Balaban J connectivity index is 1.72. The third-order valence-electron chi connectivity index (χ3n) is 6.53. The standard InChI is InChI=1S/C30H24N2/c1-19-17-23(22-11-5-4-6-12-22)18-20(2)28(19)29-21(3)31-30-26-15-8-7-13-24(26)25-14-9-10-16-27(25)32(29)30/h4-18H,1-3H3. The normalized spacial score (nSPS) is 11.6. The number of hydrogen-bond acceptors (Lipinski definition) is 1. The lowest BCUT2D eigenvalue weighted by molar-refractivity contribution is 1.24. The van der Waals surface area contributed by atoms with Gasteiger partial charge in [0.1, 0.15) is 5.65 Å². The summed E-state index contributed by atoms with van der Waals surface area (Å²) in [6.07, 6.45) is 0. The summed E-state index contributed by atoms with van der Waals surface area (Å²) in [5.41, 5.74) is 10.8. The largest absolute Gasteiger partial charge is 0.291 e. The fourth-order valence-electron chi connectivity index (χ4n) is 5.18. The first-order chi connectivity index (χ1) is 15.6. The van der Waals surface area contributed by atoms with Crippen molar-refractivity contribution in [3.05, 3.63) is 108 Å². The second-order valence-electron chi connectivity index (χ2n) is 8.62. The van der Waals surface area contributed by atoms with E-state index in [0.717, 1.165) is 11.3 Å². The van der Waals surface area contributed by atoms with Gasteiger partial charge in [-0.05, 0) is 54.5 Å². The van der Waals surface area contributed by atoms with Crippen molar-refractivity contribution in [1.82, 2.24) is 9.38 Å². The van der Waals surface area contributed by atoms with E-state index in [1.54, 1.807) is 0 Å². The molecule has 2 aromatic heterocycles. The Hall–Kier alpha value is -3.91. The second kappa shape index (κ2) is 7.06. The van der Waals surface area contributed by atoms with Crippen LogP contribution in [0.1, 0.15) is 16.8 Å². The summed E-state index contributed by atoms with van der Waals surface area (Å²) in [5, 5.41) is 3.70. The van der Waals surface area contributed by atoms with Gasteiger partial charge in [0.2, 0.25) is 0 Å². The number of hydrogen-bond donors (Lipinski definition) is 0. The summed E-state index contributed by atoms with van der Waals surface area (Å²) < 4.78 is 2.37. The summed E-state index contributed by atoms with van der Waals surface area (Å²) in [6.45, 7) is 6.57. The lowest BCUT2D eigenvalue weighted by Gasteiger charge is -2.16. The third-order valence-corrected chi connectivity index (χ3v) is 6.53. The van der Waals surface area contributed by atoms with Gasteiger partial charge in [0.15, 0.2) is 0 Å². The number of aromatic nitrogens is 2. The lowest BCUT2D eigenvalue weighted by Crippen LogP contribution is -1.98. The van der Waals surface area contributed by atoms with Crippen LogP contribution < -0.4 is 0 Å². The minimum absolute atomic E-state index is 1.03. The maximum atomic E-state index is 5.09. The van der Waals surface area contributed by atoms with Crippen LogP contribution >= 0.6 is 0 Å². The van der Waals surface area contributed by atoms with Crippen LogP contribution in [0.5, 0.6) is 0 Å². The van der Waals surface area contributed by atoms with E-state index in [1.807, 2.05) is 0 Å². The number of imidazole rings is 1. The minimum Gasteiger partial charge on any atom is -0.291 e. The van der Waals surface area contributed by atoms with Gasteiger partial charge >= 0.3 is 0 Å². The van der Waals surface area contributed by atoms with Crippen LogP contribution in [0.25, 0.3) is 49.7 Å². The van der Waals surface area contributed by atoms with Crippen LogP contribution in [-0.2, 0) is 0 Å².